The van der Waals surface area contributed by atoms with Crippen LogP contribution >= 0.6 is 0 Å². The fraction of sp³-hybridized carbons (Fsp3) is 1.00. The zero-order chi connectivity index (χ0) is 11.0. The predicted molar refractivity (Wildman–Crippen MR) is 58.6 cm³/mol. The van der Waals surface area contributed by atoms with Crippen LogP contribution in [0, 0.1) is 5.41 Å². The van der Waals surface area contributed by atoms with Crippen LogP contribution in [-0.4, -0.2) is 31.6 Å². The van der Waals surface area contributed by atoms with Crippen molar-refractivity contribution in [2.24, 2.45) is 5.41 Å². The molecule has 0 aliphatic heterocycles. The van der Waals surface area contributed by atoms with E-state index in [-0.39, 0.29) is 10.7 Å². The Balaban J connectivity index is 2.46. The van der Waals surface area contributed by atoms with E-state index in [9.17, 15) is 8.42 Å². The van der Waals surface area contributed by atoms with Crippen LogP contribution in [0.5, 0.6) is 0 Å². The highest BCUT2D eigenvalue weighted by atomic mass is 32.2. The van der Waals surface area contributed by atoms with Crippen molar-refractivity contribution < 1.29 is 8.42 Å². The molecule has 0 N–H and O–H groups in total. The molecule has 0 atom stereocenters. The molecule has 1 aliphatic carbocycles. The summed E-state index contributed by atoms with van der Waals surface area (Å²) in [6.07, 6.45) is 2.61. The Kier molecular flexibility index (Phi) is 3.26. The van der Waals surface area contributed by atoms with Gasteiger partial charge in [0, 0.05) is 13.6 Å². The quantitative estimate of drug-likeness (QED) is 0.723. The minimum absolute atomic E-state index is 0.0764. The molecule has 0 unspecified atom stereocenters. The lowest BCUT2D eigenvalue weighted by molar-refractivity contribution is 0.331. The van der Waals surface area contributed by atoms with E-state index >= 15 is 0 Å². The van der Waals surface area contributed by atoms with E-state index in [1.165, 1.54) is 4.31 Å². The monoisotopic (exact) mass is 219 g/mol. The van der Waals surface area contributed by atoms with Crippen molar-refractivity contribution in [3.63, 3.8) is 0 Å². The fourth-order valence-corrected chi connectivity index (χ4v) is 2.83. The lowest BCUT2D eigenvalue weighted by Crippen LogP contribution is -2.32. The summed E-state index contributed by atoms with van der Waals surface area (Å²) in [5.41, 5.74) is 0.202. The molecule has 1 saturated carbocycles. The minimum Gasteiger partial charge on any atom is -0.212 e. The van der Waals surface area contributed by atoms with Crippen molar-refractivity contribution in [3.05, 3.63) is 0 Å². The van der Waals surface area contributed by atoms with Crippen LogP contribution < -0.4 is 0 Å². The van der Waals surface area contributed by atoms with Gasteiger partial charge in [-0.15, -0.1) is 0 Å². The third-order valence-corrected chi connectivity index (χ3v) is 4.92. The summed E-state index contributed by atoms with van der Waals surface area (Å²) in [5.74, 6) is 0. The zero-order valence-electron chi connectivity index (χ0n) is 9.58. The Bertz CT molecular complexity index is 286. The molecule has 3 nitrogen and oxygen atoms in total. The molecule has 0 bridgehead atoms. The fourth-order valence-electron chi connectivity index (χ4n) is 1.24. The first-order valence-corrected chi connectivity index (χ1v) is 6.69. The van der Waals surface area contributed by atoms with Crippen molar-refractivity contribution in [1.82, 2.24) is 4.31 Å². The second-order valence-corrected chi connectivity index (χ2v) is 7.70. The smallest absolute Gasteiger partial charge is 0.212 e. The van der Waals surface area contributed by atoms with Crippen LogP contribution in [0.25, 0.3) is 0 Å². The van der Waals surface area contributed by atoms with E-state index < -0.39 is 10.0 Å². The molecule has 1 rings (SSSR count). The van der Waals surface area contributed by atoms with Gasteiger partial charge in [0.2, 0.25) is 10.0 Å². The first kappa shape index (κ1) is 12.0. The molecular formula is C10H21NO2S. The van der Waals surface area contributed by atoms with Gasteiger partial charge in [0.15, 0.2) is 0 Å². The Morgan fingerprint density at radius 1 is 1.29 bits per heavy atom. The molecule has 0 aromatic carbocycles. The van der Waals surface area contributed by atoms with Crippen molar-refractivity contribution >= 4 is 10.0 Å². The van der Waals surface area contributed by atoms with Gasteiger partial charge in [0.25, 0.3) is 0 Å². The maximum absolute atomic E-state index is 11.7. The highest BCUT2D eigenvalue weighted by molar-refractivity contribution is 7.90. The molecule has 0 saturated heterocycles. The second-order valence-electron chi connectivity index (χ2n) is 5.38. The van der Waals surface area contributed by atoms with Crippen molar-refractivity contribution in [3.8, 4) is 0 Å². The molecule has 14 heavy (non-hydrogen) atoms. The largest absolute Gasteiger partial charge is 0.216 e. The molecule has 0 aromatic rings. The number of hydrogen-bond donors (Lipinski definition) is 0. The first-order chi connectivity index (χ1) is 6.23. The van der Waals surface area contributed by atoms with Gasteiger partial charge in [0.05, 0.1) is 5.25 Å². The average Bonchev–Trinajstić information content (AvgIpc) is 2.80. The number of rotatable bonds is 4. The number of nitrogens with zero attached hydrogens (tertiary/aromatic N) is 1. The van der Waals surface area contributed by atoms with E-state index in [1.807, 2.05) is 0 Å². The van der Waals surface area contributed by atoms with Crippen LogP contribution in [0.4, 0.5) is 0 Å². The Labute approximate surface area is 87.5 Å². The van der Waals surface area contributed by atoms with Crippen LogP contribution in [0.1, 0.15) is 40.0 Å². The van der Waals surface area contributed by atoms with Crippen molar-refractivity contribution in [2.75, 3.05) is 13.6 Å². The second kappa shape index (κ2) is 3.81. The first-order valence-electron chi connectivity index (χ1n) is 5.19. The lowest BCUT2D eigenvalue weighted by atomic mass is 9.92. The summed E-state index contributed by atoms with van der Waals surface area (Å²) in [5, 5.41) is -0.0764. The van der Waals surface area contributed by atoms with Gasteiger partial charge in [-0.3, -0.25) is 0 Å². The summed E-state index contributed by atoms with van der Waals surface area (Å²) < 4.78 is 25.0. The van der Waals surface area contributed by atoms with E-state index in [0.717, 1.165) is 19.3 Å². The summed E-state index contributed by atoms with van der Waals surface area (Å²) in [6.45, 7) is 7.03. The molecule has 0 spiro atoms. The Hall–Kier alpha value is -0.0900. The molecule has 0 aromatic heterocycles. The topological polar surface area (TPSA) is 37.4 Å². The van der Waals surface area contributed by atoms with Gasteiger partial charge in [-0.05, 0) is 24.7 Å². The summed E-state index contributed by atoms with van der Waals surface area (Å²) in [4.78, 5) is 0. The van der Waals surface area contributed by atoms with E-state index in [2.05, 4.69) is 20.8 Å². The van der Waals surface area contributed by atoms with Gasteiger partial charge in [-0.25, -0.2) is 12.7 Å². The normalized spacial score (nSPS) is 18.9. The SMILES string of the molecule is CN(CCC(C)(C)C)S(=O)(=O)C1CC1. The summed E-state index contributed by atoms with van der Waals surface area (Å²) in [7, 11) is -1.26. The van der Waals surface area contributed by atoms with Crippen LogP contribution in [0.2, 0.25) is 0 Å². The predicted octanol–water partition coefficient (Wildman–Crippen LogP) is 1.85. The van der Waals surface area contributed by atoms with E-state index in [1.54, 1.807) is 7.05 Å². The summed E-state index contributed by atoms with van der Waals surface area (Å²) in [6, 6.07) is 0. The third-order valence-electron chi connectivity index (χ3n) is 2.56. The molecule has 1 fully saturated rings. The van der Waals surface area contributed by atoms with Crippen LogP contribution in [-0.2, 0) is 10.0 Å². The van der Waals surface area contributed by atoms with Crippen molar-refractivity contribution in [1.29, 1.82) is 0 Å². The van der Waals surface area contributed by atoms with Gasteiger partial charge >= 0.3 is 0 Å². The maximum atomic E-state index is 11.7. The van der Waals surface area contributed by atoms with Gasteiger partial charge < -0.3 is 0 Å². The molecule has 84 valence electrons. The number of sulfonamides is 1. The zero-order valence-corrected chi connectivity index (χ0v) is 10.4. The van der Waals surface area contributed by atoms with Crippen LogP contribution in [0.3, 0.4) is 0 Å². The maximum Gasteiger partial charge on any atom is 0.216 e. The Morgan fingerprint density at radius 2 is 1.79 bits per heavy atom. The average molecular weight is 219 g/mol. The van der Waals surface area contributed by atoms with E-state index in [0.29, 0.717) is 6.54 Å². The number of hydrogen-bond acceptors (Lipinski definition) is 2. The highest BCUT2D eigenvalue weighted by Crippen LogP contribution is 2.31. The molecule has 1 aliphatic rings. The van der Waals surface area contributed by atoms with Crippen LogP contribution in [0.15, 0.2) is 0 Å². The highest BCUT2D eigenvalue weighted by Gasteiger charge is 2.38. The lowest BCUT2D eigenvalue weighted by Gasteiger charge is -2.23. The van der Waals surface area contributed by atoms with Gasteiger partial charge in [-0.2, -0.15) is 0 Å². The molecular weight excluding hydrogens is 198 g/mol. The third kappa shape index (κ3) is 3.24. The van der Waals surface area contributed by atoms with Gasteiger partial charge in [0.1, 0.15) is 0 Å². The standard InChI is InChI=1S/C10H21NO2S/c1-10(2,3)7-8-11(4)14(12,13)9-5-6-9/h9H,5-8H2,1-4H3. The van der Waals surface area contributed by atoms with Crippen molar-refractivity contribution in [2.45, 2.75) is 45.3 Å². The minimum atomic E-state index is -2.95. The Morgan fingerprint density at radius 3 is 2.14 bits per heavy atom. The van der Waals surface area contributed by atoms with E-state index in [4.69, 9.17) is 0 Å². The molecule has 4 heteroatoms. The molecule has 0 amide bonds. The summed E-state index contributed by atoms with van der Waals surface area (Å²) >= 11 is 0. The molecule has 0 radical (unpaired) electrons. The molecule has 0 heterocycles. The van der Waals surface area contributed by atoms with Gasteiger partial charge in [-0.1, -0.05) is 20.8 Å².